The quantitative estimate of drug-likeness (QED) is 0.910. The lowest BCUT2D eigenvalue weighted by atomic mass is 10.3. The second-order valence-corrected chi connectivity index (χ2v) is 4.64. The molecule has 0 aliphatic rings. The molecule has 122 valence electrons. The van der Waals surface area contributed by atoms with Gasteiger partial charge in [-0.25, -0.2) is 9.97 Å². The van der Waals surface area contributed by atoms with Gasteiger partial charge in [0, 0.05) is 25.0 Å². The minimum atomic E-state index is -4.41. The lowest BCUT2D eigenvalue weighted by Gasteiger charge is -2.09. The zero-order valence-corrected chi connectivity index (χ0v) is 12.1. The molecular weight excluding hydrogens is 313 g/mol. The zero-order chi connectivity index (χ0) is 16.9. The lowest BCUT2D eigenvalue weighted by Crippen LogP contribution is -2.24. The van der Waals surface area contributed by atoms with E-state index in [-0.39, 0.29) is 18.1 Å². The van der Waals surface area contributed by atoms with Crippen LogP contribution in [0.3, 0.4) is 0 Å². The average Bonchev–Trinajstić information content (AvgIpc) is 2.51. The topological polar surface area (TPSA) is 77.0 Å². The molecule has 0 fully saturated rings. The molecule has 2 aromatic heterocycles. The monoisotopic (exact) mass is 326 g/mol. The summed E-state index contributed by atoms with van der Waals surface area (Å²) in [4.78, 5) is 23.5. The molecule has 0 unspecified atom stereocenters. The van der Waals surface area contributed by atoms with E-state index < -0.39 is 18.7 Å². The number of carbonyl (C=O) groups is 1. The molecule has 6 nitrogen and oxygen atoms in total. The fourth-order valence-corrected chi connectivity index (χ4v) is 1.60. The van der Waals surface area contributed by atoms with Gasteiger partial charge in [0.1, 0.15) is 5.69 Å². The molecule has 1 N–H and O–H groups in total. The van der Waals surface area contributed by atoms with Crippen LogP contribution in [-0.2, 0) is 6.54 Å². The van der Waals surface area contributed by atoms with Gasteiger partial charge in [0.15, 0.2) is 6.61 Å². The van der Waals surface area contributed by atoms with Crippen molar-refractivity contribution in [3.63, 3.8) is 0 Å². The van der Waals surface area contributed by atoms with Gasteiger partial charge < -0.3 is 10.1 Å². The van der Waals surface area contributed by atoms with Crippen LogP contribution in [0.5, 0.6) is 5.88 Å². The Morgan fingerprint density at radius 3 is 2.65 bits per heavy atom. The molecule has 0 aliphatic heterocycles. The Morgan fingerprint density at radius 1 is 1.26 bits per heavy atom. The first-order valence-electron chi connectivity index (χ1n) is 6.55. The third-order valence-corrected chi connectivity index (χ3v) is 2.62. The van der Waals surface area contributed by atoms with Crippen LogP contribution in [0.1, 0.15) is 21.7 Å². The predicted molar refractivity (Wildman–Crippen MR) is 73.7 cm³/mol. The van der Waals surface area contributed by atoms with Gasteiger partial charge in [0.05, 0.1) is 11.9 Å². The number of carbonyl (C=O) groups excluding carboxylic acids is 1. The maximum Gasteiger partial charge on any atom is 0.422 e. The van der Waals surface area contributed by atoms with Crippen LogP contribution in [-0.4, -0.2) is 33.6 Å². The van der Waals surface area contributed by atoms with E-state index in [4.69, 9.17) is 0 Å². The molecule has 1 amide bonds. The molecule has 0 saturated heterocycles. The van der Waals surface area contributed by atoms with Crippen molar-refractivity contribution in [3.05, 3.63) is 47.7 Å². The summed E-state index contributed by atoms with van der Waals surface area (Å²) >= 11 is 0. The first-order valence-corrected chi connectivity index (χ1v) is 6.55. The molecule has 0 spiro atoms. The smallest absolute Gasteiger partial charge is 0.422 e. The highest BCUT2D eigenvalue weighted by molar-refractivity contribution is 5.91. The number of nitrogens with one attached hydrogen (secondary N) is 1. The third kappa shape index (κ3) is 5.53. The molecule has 2 rings (SSSR count). The minimum absolute atomic E-state index is 0.137. The average molecular weight is 326 g/mol. The number of rotatable bonds is 5. The first-order chi connectivity index (χ1) is 10.8. The summed E-state index contributed by atoms with van der Waals surface area (Å²) in [5, 5.41) is 2.62. The van der Waals surface area contributed by atoms with Gasteiger partial charge in [0.2, 0.25) is 5.88 Å². The molecule has 0 atom stereocenters. The highest BCUT2D eigenvalue weighted by Gasteiger charge is 2.28. The van der Waals surface area contributed by atoms with Crippen molar-refractivity contribution in [2.75, 3.05) is 6.61 Å². The van der Waals surface area contributed by atoms with Gasteiger partial charge >= 0.3 is 6.18 Å². The van der Waals surface area contributed by atoms with E-state index in [1.54, 1.807) is 6.92 Å². The molecule has 9 heteroatoms. The minimum Gasteiger partial charge on any atom is -0.468 e. The number of hydrogen-bond donors (Lipinski definition) is 1. The molecule has 2 heterocycles. The highest BCUT2D eigenvalue weighted by atomic mass is 19.4. The van der Waals surface area contributed by atoms with E-state index in [1.807, 2.05) is 0 Å². The Balaban J connectivity index is 1.87. The van der Waals surface area contributed by atoms with Crippen LogP contribution >= 0.6 is 0 Å². The van der Waals surface area contributed by atoms with E-state index in [9.17, 15) is 18.0 Å². The molecular formula is C14H13F3N4O2. The Hall–Kier alpha value is -2.71. The molecule has 0 saturated carbocycles. The molecule has 0 bridgehead atoms. The number of amides is 1. The van der Waals surface area contributed by atoms with Crippen LogP contribution in [0.4, 0.5) is 13.2 Å². The predicted octanol–water partition coefficient (Wildman–Crippen LogP) is 2.05. The number of pyridine rings is 1. The maximum atomic E-state index is 12.0. The third-order valence-electron chi connectivity index (χ3n) is 2.62. The van der Waals surface area contributed by atoms with Crippen LogP contribution in [0.2, 0.25) is 0 Å². The number of aromatic nitrogens is 3. The van der Waals surface area contributed by atoms with E-state index in [2.05, 4.69) is 25.0 Å². The number of hydrogen-bond acceptors (Lipinski definition) is 5. The lowest BCUT2D eigenvalue weighted by molar-refractivity contribution is -0.154. The normalized spacial score (nSPS) is 11.1. The summed E-state index contributed by atoms with van der Waals surface area (Å²) in [7, 11) is 0. The standard InChI is InChI=1S/C14H13F3N4O2/c1-9-4-18-7-11(21-9)13(22)20-6-10-2-3-12(19-5-10)23-8-14(15,16)17/h2-5,7H,6,8H2,1H3,(H,20,22). The summed E-state index contributed by atoms with van der Waals surface area (Å²) < 4.78 is 40.5. The van der Waals surface area contributed by atoms with Gasteiger partial charge in [-0.05, 0) is 12.5 Å². The number of ether oxygens (including phenoxy) is 1. The van der Waals surface area contributed by atoms with Crippen molar-refractivity contribution in [3.8, 4) is 5.88 Å². The van der Waals surface area contributed by atoms with Crippen LogP contribution < -0.4 is 10.1 Å². The largest absolute Gasteiger partial charge is 0.468 e. The number of halogens is 3. The van der Waals surface area contributed by atoms with Crippen molar-refractivity contribution < 1.29 is 22.7 Å². The van der Waals surface area contributed by atoms with Crippen molar-refractivity contribution in [1.82, 2.24) is 20.3 Å². The van der Waals surface area contributed by atoms with Gasteiger partial charge in [-0.1, -0.05) is 6.07 Å². The highest BCUT2D eigenvalue weighted by Crippen LogP contribution is 2.17. The molecule has 0 aromatic carbocycles. The zero-order valence-electron chi connectivity index (χ0n) is 12.1. The summed E-state index contributed by atoms with van der Waals surface area (Å²) in [5.74, 6) is -0.541. The fourth-order valence-electron chi connectivity index (χ4n) is 1.60. The summed E-state index contributed by atoms with van der Waals surface area (Å²) in [5.41, 5.74) is 1.41. The Morgan fingerprint density at radius 2 is 2.04 bits per heavy atom. The molecule has 2 aromatic rings. The van der Waals surface area contributed by atoms with Gasteiger partial charge in [-0.2, -0.15) is 13.2 Å². The van der Waals surface area contributed by atoms with Crippen molar-refractivity contribution in [2.45, 2.75) is 19.6 Å². The van der Waals surface area contributed by atoms with Crippen LogP contribution in [0, 0.1) is 6.92 Å². The second-order valence-electron chi connectivity index (χ2n) is 4.64. The van der Waals surface area contributed by atoms with Crippen LogP contribution in [0.25, 0.3) is 0 Å². The summed E-state index contributed by atoms with van der Waals surface area (Å²) in [6.07, 6.45) is -0.216. The maximum absolute atomic E-state index is 12.0. The number of aryl methyl sites for hydroxylation is 1. The molecule has 23 heavy (non-hydrogen) atoms. The summed E-state index contributed by atoms with van der Waals surface area (Å²) in [6.45, 7) is 0.469. The van der Waals surface area contributed by atoms with Crippen molar-refractivity contribution in [1.29, 1.82) is 0 Å². The first kappa shape index (κ1) is 16.7. The summed E-state index contributed by atoms with van der Waals surface area (Å²) in [6, 6.07) is 2.82. The molecule has 0 aliphatic carbocycles. The molecule has 0 radical (unpaired) electrons. The van der Waals surface area contributed by atoms with E-state index in [1.165, 1.54) is 30.7 Å². The van der Waals surface area contributed by atoms with E-state index in [0.29, 0.717) is 11.3 Å². The van der Waals surface area contributed by atoms with E-state index in [0.717, 1.165) is 0 Å². The van der Waals surface area contributed by atoms with Gasteiger partial charge in [-0.3, -0.25) is 9.78 Å². The number of nitrogens with zero attached hydrogens (tertiary/aromatic N) is 3. The Bertz CT molecular complexity index is 674. The van der Waals surface area contributed by atoms with Crippen LogP contribution in [0.15, 0.2) is 30.7 Å². The van der Waals surface area contributed by atoms with E-state index >= 15 is 0 Å². The SMILES string of the molecule is Cc1cncc(C(=O)NCc2ccc(OCC(F)(F)F)nc2)n1. The Kier molecular flexibility index (Phi) is 5.09. The second kappa shape index (κ2) is 7.03. The van der Waals surface area contributed by atoms with Gasteiger partial charge in [-0.15, -0.1) is 0 Å². The van der Waals surface area contributed by atoms with Gasteiger partial charge in [0.25, 0.3) is 5.91 Å². The van der Waals surface area contributed by atoms with Crippen molar-refractivity contribution >= 4 is 5.91 Å². The Labute approximate surface area is 129 Å². The fraction of sp³-hybridized carbons (Fsp3) is 0.286. The van der Waals surface area contributed by atoms with Crippen molar-refractivity contribution in [2.24, 2.45) is 0 Å². The number of alkyl halides is 3.